The lowest BCUT2D eigenvalue weighted by atomic mass is 9.95. The third-order valence-electron chi connectivity index (χ3n) is 4.93. The molecule has 0 aliphatic rings. The van der Waals surface area contributed by atoms with Gasteiger partial charge in [-0.1, -0.05) is 78.9 Å². The molecule has 0 N–H and O–H groups in total. The molecule has 1 aromatic heterocycles. The smallest absolute Gasteiger partial charge is 0.344 e. The Hall–Kier alpha value is -4.06. The molecule has 154 valence electrons. The SMILES string of the molecule is COC(=O)c1c(-c2ccccc2)c(-c2ccccc2)nn(Cc2ccccc2F)c1=O. The summed E-state index contributed by atoms with van der Waals surface area (Å²) in [6.07, 6.45) is 0. The summed E-state index contributed by atoms with van der Waals surface area (Å²) in [6.45, 7) is -0.121. The fraction of sp³-hybridized carbons (Fsp3) is 0.0800. The normalized spacial score (nSPS) is 10.6. The van der Waals surface area contributed by atoms with E-state index in [1.165, 1.54) is 13.2 Å². The third-order valence-corrected chi connectivity index (χ3v) is 4.93. The van der Waals surface area contributed by atoms with Gasteiger partial charge < -0.3 is 4.74 Å². The van der Waals surface area contributed by atoms with Crippen LogP contribution in [0.2, 0.25) is 0 Å². The monoisotopic (exact) mass is 414 g/mol. The third kappa shape index (κ3) is 4.00. The predicted molar refractivity (Wildman–Crippen MR) is 116 cm³/mol. The number of nitrogens with zero attached hydrogens (tertiary/aromatic N) is 2. The Labute approximate surface area is 178 Å². The molecule has 0 fully saturated rings. The molecular weight excluding hydrogens is 395 g/mol. The van der Waals surface area contributed by atoms with Crippen LogP contribution in [0.1, 0.15) is 15.9 Å². The maximum atomic E-state index is 14.3. The molecule has 6 heteroatoms. The molecule has 31 heavy (non-hydrogen) atoms. The molecule has 0 bridgehead atoms. The Balaban J connectivity index is 2.05. The van der Waals surface area contributed by atoms with Crippen molar-refractivity contribution in [1.82, 2.24) is 9.78 Å². The fourth-order valence-corrected chi connectivity index (χ4v) is 3.44. The van der Waals surface area contributed by atoms with Crippen LogP contribution in [0.3, 0.4) is 0 Å². The molecule has 0 atom stereocenters. The van der Waals surface area contributed by atoms with Crippen LogP contribution in [0.25, 0.3) is 22.4 Å². The molecule has 0 saturated heterocycles. The van der Waals surface area contributed by atoms with Gasteiger partial charge in [0, 0.05) is 16.7 Å². The zero-order chi connectivity index (χ0) is 21.8. The van der Waals surface area contributed by atoms with E-state index in [0.29, 0.717) is 27.9 Å². The van der Waals surface area contributed by atoms with Crippen LogP contribution in [-0.2, 0) is 11.3 Å². The summed E-state index contributed by atoms with van der Waals surface area (Å²) in [5.41, 5.74) is 1.70. The van der Waals surface area contributed by atoms with Gasteiger partial charge in [-0.15, -0.1) is 0 Å². The van der Waals surface area contributed by atoms with E-state index >= 15 is 0 Å². The van der Waals surface area contributed by atoms with Gasteiger partial charge in [0.05, 0.1) is 19.3 Å². The highest BCUT2D eigenvalue weighted by Gasteiger charge is 2.26. The Bertz CT molecular complexity index is 1290. The first-order chi connectivity index (χ1) is 15.1. The first-order valence-electron chi connectivity index (χ1n) is 9.68. The highest BCUT2D eigenvalue weighted by atomic mass is 19.1. The fourth-order valence-electron chi connectivity index (χ4n) is 3.44. The van der Waals surface area contributed by atoms with Crippen LogP contribution in [-0.4, -0.2) is 22.9 Å². The van der Waals surface area contributed by atoms with Crippen LogP contribution in [0.5, 0.6) is 0 Å². The number of methoxy groups -OCH3 is 1. The molecule has 3 aromatic carbocycles. The lowest BCUT2D eigenvalue weighted by Crippen LogP contribution is -2.31. The molecule has 1 heterocycles. The van der Waals surface area contributed by atoms with Crippen LogP contribution in [0.4, 0.5) is 4.39 Å². The second kappa shape index (κ2) is 8.75. The molecule has 0 spiro atoms. The first-order valence-corrected chi connectivity index (χ1v) is 9.68. The van der Waals surface area contributed by atoms with Gasteiger partial charge in [-0.05, 0) is 11.6 Å². The van der Waals surface area contributed by atoms with Crippen molar-refractivity contribution in [3.8, 4) is 22.4 Å². The maximum Gasteiger partial charge on any atom is 0.344 e. The lowest BCUT2D eigenvalue weighted by Gasteiger charge is -2.16. The van der Waals surface area contributed by atoms with Crippen molar-refractivity contribution in [2.45, 2.75) is 6.54 Å². The van der Waals surface area contributed by atoms with Crippen LogP contribution >= 0.6 is 0 Å². The molecule has 0 radical (unpaired) electrons. The minimum absolute atomic E-state index is 0.121. The number of rotatable bonds is 5. The highest BCUT2D eigenvalue weighted by molar-refractivity contribution is 6.00. The Kier molecular flexibility index (Phi) is 5.71. The van der Waals surface area contributed by atoms with Crippen molar-refractivity contribution in [2.24, 2.45) is 0 Å². The van der Waals surface area contributed by atoms with Gasteiger partial charge in [0.25, 0.3) is 5.56 Å². The number of carbonyl (C=O) groups is 1. The van der Waals surface area contributed by atoms with E-state index < -0.39 is 17.3 Å². The summed E-state index contributed by atoms with van der Waals surface area (Å²) < 4.78 is 20.3. The second-order valence-electron chi connectivity index (χ2n) is 6.88. The molecule has 4 aromatic rings. The molecule has 0 unspecified atom stereocenters. The molecule has 0 saturated carbocycles. The van der Waals surface area contributed by atoms with Crippen molar-refractivity contribution >= 4 is 5.97 Å². The van der Waals surface area contributed by atoms with Crippen LogP contribution < -0.4 is 5.56 Å². The number of hydrogen-bond acceptors (Lipinski definition) is 4. The van der Waals surface area contributed by atoms with E-state index in [-0.39, 0.29) is 12.1 Å². The van der Waals surface area contributed by atoms with Gasteiger partial charge in [-0.3, -0.25) is 4.79 Å². The summed E-state index contributed by atoms with van der Waals surface area (Å²) >= 11 is 0. The van der Waals surface area contributed by atoms with Crippen LogP contribution in [0, 0.1) is 5.82 Å². The average Bonchev–Trinajstić information content (AvgIpc) is 2.82. The van der Waals surface area contributed by atoms with E-state index in [9.17, 15) is 14.0 Å². The van der Waals surface area contributed by atoms with Gasteiger partial charge in [-0.2, -0.15) is 5.10 Å². The topological polar surface area (TPSA) is 61.2 Å². The van der Waals surface area contributed by atoms with Gasteiger partial charge in [0.1, 0.15) is 11.4 Å². The van der Waals surface area contributed by atoms with Crippen molar-refractivity contribution in [3.05, 3.63) is 112 Å². The van der Waals surface area contributed by atoms with E-state index in [0.717, 1.165) is 4.68 Å². The summed E-state index contributed by atoms with van der Waals surface area (Å²) in [5.74, 6) is -1.23. The van der Waals surface area contributed by atoms with Gasteiger partial charge >= 0.3 is 5.97 Å². The predicted octanol–water partition coefficient (Wildman–Crippen LogP) is 4.55. The Morgan fingerprint density at radius 3 is 2.10 bits per heavy atom. The number of hydrogen-bond donors (Lipinski definition) is 0. The van der Waals surface area contributed by atoms with Gasteiger partial charge in [-0.25, -0.2) is 13.9 Å². The van der Waals surface area contributed by atoms with Crippen molar-refractivity contribution in [1.29, 1.82) is 0 Å². The number of ether oxygens (including phenoxy) is 1. The second-order valence-corrected chi connectivity index (χ2v) is 6.88. The standard InChI is InChI=1S/C25H19FN2O3/c1-31-25(30)22-21(17-10-4-2-5-11-17)23(18-12-6-3-7-13-18)27-28(24(22)29)16-19-14-8-9-15-20(19)26/h2-15H,16H2,1H3. The average molecular weight is 414 g/mol. The zero-order valence-corrected chi connectivity index (χ0v) is 16.8. The minimum Gasteiger partial charge on any atom is -0.465 e. The Morgan fingerprint density at radius 2 is 1.48 bits per heavy atom. The summed E-state index contributed by atoms with van der Waals surface area (Å²) in [6, 6.07) is 24.5. The Morgan fingerprint density at radius 1 is 0.903 bits per heavy atom. The minimum atomic E-state index is -0.772. The van der Waals surface area contributed by atoms with Crippen molar-refractivity contribution in [3.63, 3.8) is 0 Å². The summed E-state index contributed by atoms with van der Waals surface area (Å²) in [5, 5.41) is 4.56. The van der Waals surface area contributed by atoms with E-state index in [2.05, 4.69) is 5.10 Å². The largest absolute Gasteiger partial charge is 0.465 e. The molecular formula is C25H19FN2O3. The summed E-state index contributed by atoms with van der Waals surface area (Å²) in [7, 11) is 1.22. The van der Waals surface area contributed by atoms with Gasteiger partial charge in [0.2, 0.25) is 0 Å². The van der Waals surface area contributed by atoms with Gasteiger partial charge in [0.15, 0.2) is 0 Å². The first kappa shape index (κ1) is 20.2. The number of carbonyl (C=O) groups excluding carboxylic acids is 1. The van der Waals surface area contributed by atoms with E-state index in [1.807, 2.05) is 48.5 Å². The molecule has 0 amide bonds. The number of esters is 1. The molecule has 0 aliphatic carbocycles. The highest BCUT2D eigenvalue weighted by Crippen LogP contribution is 2.32. The molecule has 5 nitrogen and oxygen atoms in total. The summed E-state index contributed by atoms with van der Waals surface area (Å²) in [4.78, 5) is 26.1. The lowest BCUT2D eigenvalue weighted by molar-refractivity contribution is 0.0598. The molecule has 0 aliphatic heterocycles. The quantitative estimate of drug-likeness (QED) is 0.450. The van der Waals surface area contributed by atoms with Crippen molar-refractivity contribution < 1.29 is 13.9 Å². The van der Waals surface area contributed by atoms with E-state index in [4.69, 9.17) is 4.74 Å². The molecule has 4 rings (SSSR count). The number of benzene rings is 3. The zero-order valence-electron chi connectivity index (χ0n) is 16.8. The maximum absolute atomic E-state index is 14.3. The van der Waals surface area contributed by atoms with E-state index in [1.54, 1.807) is 30.3 Å². The van der Waals surface area contributed by atoms with Crippen molar-refractivity contribution in [2.75, 3.05) is 7.11 Å². The number of halogens is 1. The number of aromatic nitrogens is 2. The van der Waals surface area contributed by atoms with Crippen LogP contribution in [0.15, 0.2) is 89.7 Å².